The van der Waals surface area contributed by atoms with Gasteiger partial charge in [0.2, 0.25) is 0 Å². The Bertz CT molecular complexity index is 229. The topological polar surface area (TPSA) is 18.5 Å². The zero-order valence-electron chi connectivity index (χ0n) is 8.21. The van der Waals surface area contributed by atoms with E-state index in [1.165, 1.54) is 6.42 Å². The summed E-state index contributed by atoms with van der Waals surface area (Å²) < 4.78 is 12.7. The SMILES string of the molecule is C[C@@H]1CO[C@@]2(CC[C](=[Cr])O2)[C@H](C)C1. The van der Waals surface area contributed by atoms with Crippen LogP contribution in [0.4, 0.5) is 0 Å². The monoisotopic (exact) mass is 220 g/mol. The number of hydrogen-bond acceptors (Lipinski definition) is 2. The Hall–Kier alpha value is 0.322. The van der Waals surface area contributed by atoms with Crippen molar-refractivity contribution in [3.8, 4) is 0 Å². The molecule has 2 rings (SSSR count). The molecule has 3 heteroatoms. The van der Waals surface area contributed by atoms with Crippen molar-refractivity contribution in [2.24, 2.45) is 11.8 Å². The third-order valence-corrected chi connectivity index (χ3v) is 3.53. The van der Waals surface area contributed by atoms with Crippen LogP contribution in [0.1, 0.15) is 33.1 Å². The second-order valence-electron chi connectivity index (χ2n) is 4.34. The first-order chi connectivity index (χ1) is 6.12. The van der Waals surface area contributed by atoms with E-state index in [0.29, 0.717) is 11.8 Å². The van der Waals surface area contributed by atoms with Crippen molar-refractivity contribution in [1.29, 1.82) is 0 Å². The van der Waals surface area contributed by atoms with E-state index < -0.39 is 0 Å². The van der Waals surface area contributed by atoms with Crippen molar-refractivity contribution in [3.63, 3.8) is 0 Å². The predicted octanol–water partition coefficient (Wildman–Crippen LogP) is 1.86. The molecule has 0 aromatic heterocycles. The van der Waals surface area contributed by atoms with Gasteiger partial charge in [-0.05, 0) is 0 Å². The van der Waals surface area contributed by atoms with Crippen molar-refractivity contribution in [1.82, 2.24) is 0 Å². The van der Waals surface area contributed by atoms with E-state index in [9.17, 15) is 0 Å². The van der Waals surface area contributed by atoms with E-state index in [0.717, 1.165) is 24.0 Å². The van der Waals surface area contributed by atoms with Crippen molar-refractivity contribution >= 4 is 4.57 Å². The summed E-state index contributed by atoms with van der Waals surface area (Å²) in [5.41, 5.74) is 0. The van der Waals surface area contributed by atoms with Gasteiger partial charge in [-0.25, -0.2) is 0 Å². The van der Waals surface area contributed by atoms with Gasteiger partial charge in [-0.3, -0.25) is 0 Å². The number of ether oxygens (including phenoxy) is 2. The van der Waals surface area contributed by atoms with Gasteiger partial charge in [0.25, 0.3) is 0 Å². The molecule has 2 aliphatic rings. The van der Waals surface area contributed by atoms with Crippen LogP contribution in [-0.2, 0) is 25.3 Å². The van der Waals surface area contributed by atoms with Gasteiger partial charge in [0, 0.05) is 0 Å². The summed E-state index contributed by atoms with van der Waals surface area (Å²) in [6.07, 6.45) is 3.25. The second kappa shape index (κ2) is 3.47. The van der Waals surface area contributed by atoms with E-state index in [2.05, 4.69) is 29.7 Å². The van der Waals surface area contributed by atoms with E-state index in [1.807, 2.05) is 0 Å². The van der Waals surface area contributed by atoms with Gasteiger partial charge in [0.1, 0.15) is 0 Å². The molecule has 2 nitrogen and oxygen atoms in total. The summed E-state index contributed by atoms with van der Waals surface area (Å²) in [6, 6.07) is 0. The Morgan fingerprint density at radius 1 is 1.46 bits per heavy atom. The van der Waals surface area contributed by atoms with E-state index in [-0.39, 0.29) is 5.79 Å². The molecule has 0 radical (unpaired) electrons. The molecule has 2 saturated heterocycles. The van der Waals surface area contributed by atoms with Gasteiger partial charge in [-0.1, -0.05) is 0 Å². The van der Waals surface area contributed by atoms with Crippen LogP contribution in [0.15, 0.2) is 0 Å². The molecule has 0 N–H and O–H groups in total. The first kappa shape index (κ1) is 9.86. The summed E-state index contributed by atoms with van der Waals surface area (Å²) >= 11 is 2.96. The molecule has 1 spiro atoms. The first-order valence-corrected chi connectivity index (χ1v) is 5.62. The summed E-state index contributed by atoms with van der Waals surface area (Å²) in [6.45, 7) is 5.31. The normalized spacial score (nSPS) is 45.8. The Balaban J connectivity index is 2.10. The van der Waals surface area contributed by atoms with Crippen LogP contribution >= 0.6 is 0 Å². The molecule has 3 atom stereocenters. The maximum absolute atomic E-state index is 5.86. The Kier molecular flexibility index (Phi) is 2.64. The standard InChI is InChI=1S/C10H16O2.Cr/c1-8-6-9(2)10(12-7-8)4-3-5-11-10;/h8-9H,3-4,6-7H2,1-2H3;/t8-,9+,10-;/m0./s1. The second-order valence-corrected chi connectivity index (χ2v) is 5.05. The molecule has 0 unspecified atom stereocenters. The number of hydrogen-bond donors (Lipinski definition) is 0. The molecule has 2 heterocycles. The van der Waals surface area contributed by atoms with Crippen LogP contribution in [0.2, 0.25) is 0 Å². The van der Waals surface area contributed by atoms with E-state index in [4.69, 9.17) is 9.47 Å². The third-order valence-electron chi connectivity index (χ3n) is 3.08. The van der Waals surface area contributed by atoms with Crippen LogP contribution in [0.5, 0.6) is 0 Å². The van der Waals surface area contributed by atoms with Crippen molar-refractivity contribution < 1.29 is 25.3 Å². The van der Waals surface area contributed by atoms with Crippen LogP contribution in [-0.4, -0.2) is 17.0 Å². The first-order valence-electron chi connectivity index (χ1n) is 4.98. The van der Waals surface area contributed by atoms with Gasteiger partial charge >= 0.3 is 87.2 Å². The molecular formula is C10H16CrO2. The quantitative estimate of drug-likeness (QED) is 0.620. The summed E-state index contributed by atoms with van der Waals surface area (Å²) in [5, 5.41) is 0. The molecule has 0 amide bonds. The van der Waals surface area contributed by atoms with Gasteiger partial charge < -0.3 is 0 Å². The molecular weight excluding hydrogens is 204 g/mol. The molecule has 0 aliphatic carbocycles. The minimum absolute atomic E-state index is 0.285. The van der Waals surface area contributed by atoms with Crippen molar-refractivity contribution in [3.05, 3.63) is 0 Å². The fraction of sp³-hybridized carbons (Fsp3) is 0.900. The Morgan fingerprint density at radius 3 is 2.77 bits per heavy atom. The molecule has 0 bridgehead atoms. The van der Waals surface area contributed by atoms with Gasteiger partial charge in [0.15, 0.2) is 0 Å². The fourth-order valence-corrected chi connectivity index (χ4v) is 2.68. The number of rotatable bonds is 0. The van der Waals surface area contributed by atoms with Crippen LogP contribution < -0.4 is 0 Å². The third kappa shape index (κ3) is 1.76. The Labute approximate surface area is 87.6 Å². The average Bonchev–Trinajstić information content (AvgIpc) is 2.43. The van der Waals surface area contributed by atoms with Gasteiger partial charge in [-0.15, -0.1) is 0 Å². The maximum atomic E-state index is 5.86. The zero-order chi connectivity index (χ0) is 9.47. The minimum atomic E-state index is -0.285. The zero-order valence-corrected chi connectivity index (χ0v) is 9.48. The molecule has 13 heavy (non-hydrogen) atoms. The Morgan fingerprint density at radius 2 is 2.23 bits per heavy atom. The van der Waals surface area contributed by atoms with E-state index in [1.54, 1.807) is 0 Å². The summed E-state index contributed by atoms with van der Waals surface area (Å²) in [4.78, 5) is 0. The van der Waals surface area contributed by atoms with Gasteiger partial charge in [-0.2, -0.15) is 0 Å². The average molecular weight is 220 g/mol. The molecule has 2 aliphatic heterocycles. The molecule has 2 fully saturated rings. The van der Waals surface area contributed by atoms with Crippen molar-refractivity contribution in [2.45, 2.75) is 38.9 Å². The summed E-state index contributed by atoms with van der Waals surface area (Å²) in [7, 11) is 0. The molecule has 0 aromatic carbocycles. The van der Waals surface area contributed by atoms with Crippen LogP contribution in [0, 0.1) is 11.8 Å². The molecule has 0 aromatic rings. The molecule has 0 saturated carbocycles. The van der Waals surface area contributed by atoms with Crippen molar-refractivity contribution in [2.75, 3.05) is 6.61 Å². The van der Waals surface area contributed by atoms with Gasteiger partial charge in [0.05, 0.1) is 0 Å². The van der Waals surface area contributed by atoms with E-state index >= 15 is 0 Å². The van der Waals surface area contributed by atoms with Crippen LogP contribution in [0.3, 0.4) is 0 Å². The fourth-order valence-electron chi connectivity index (χ4n) is 2.30. The molecule has 74 valence electrons. The summed E-state index contributed by atoms with van der Waals surface area (Å²) in [5.74, 6) is 0.906. The predicted molar refractivity (Wildman–Crippen MR) is 47.0 cm³/mol. The van der Waals surface area contributed by atoms with Crippen LogP contribution in [0.25, 0.3) is 0 Å².